The van der Waals surface area contributed by atoms with E-state index in [2.05, 4.69) is 25.6 Å². The van der Waals surface area contributed by atoms with Gasteiger partial charge in [-0.2, -0.15) is 0 Å². The minimum atomic E-state index is -1.51. The van der Waals surface area contributed by atoms with E-state index in [9.17, 15) is 24.5 Å². The lowest BCUT2D eigenvalue weighted by molar-refractivity contribution is -0.129. The molecule has 1 aliphatic rings. The van der Waals surface area contributed by atoms with Gasteiger partial charge in [-0.25, -0.2) is 19.7 Å². The van der Waals surface area contributed by atoms with E-state index in [4.69, 9.17) is 10.4 Å². The van der Waals surface area contributed by atoms with E-state index < -0.39 is 36.9 Å². The molecule has 0 saturated heterocycles. The summed E-state index contributed by atoms with van der Waals surface area (Å²) >= 11 is 1.10. The number of carbonyl (C=O) groups excluding carboxylic acids is 2. The Balaban J connectivity index is 1.51. The number of rotatable bonds is 7. The lowest BCUT2D eigenvalue weighted by Crippen LogP contribution is -2.55. The average Bonchev–Trinajstić information content (AvgIpc) is 3.24. The number of carboxylic acids is 1. The average molecular weight is 482 g/mol. The van der Waals surface area contributed by atoms with Crippen LogP contribution in [0.3, 0.4) is 0 Å². The molecule has 3 aromatic rings. The number of fused-ring (bicyclic) bond motifs is 1. The zero-order chi connectivity index (χ0) is 24.2. The summed E-state index contributed by atoms with van der Waals surface area (Å²) in [4.78, 5) is 49.2. The molecule has 2 amide bonds. The number of nitrogens with zero attached hydrogens (tertiary/aromatic N) is 3. The maximum Gasteiger partial charge on any atom is 0.547 e. The first-order chi connectivity index (χ1) is 16.3. The predicted molar refractivity (Wildman–Crippen MR) is 121 cm³/mol. The van der Waals surface area contributed by atoms with Gasteiger partial charge >= 0.3 is 13.1 Å². The minimum absolute atomic E-state index is 0.0491. The molecular formula is C20H19BN6O6S. The van der Waals surface area contributed by atoms with Crippen molar-refractivity contribution in [2.24, 2.45) is 0 Å². The number of nitrogens with one attached hydrogen (secondary N) is 2. The second kappa shape index (κ2) is 9.85. The fourth-order valence-electron chi connectivity index (χ4n) is 3.47. The van der Waals surface area contributed by atoms with E-state index >= 15 is 0 Å². The van der Waals surface area contributed by atoms with Crippen molar-refractivity contribution < 1.29 is 29.2 Å². The van der Waals surface area contributed by atoms with Gasteiger partial charge in [0.25, 0.3) is 0 Å². The summed E-state index contributed by atoms with van der Waals surface area (Å²) in [5, 5.41) is 26.8. The van der Waals surface area contributed by atoms with E-state index in [1.54, 1.807) is 23.6 Å². The Morgan fingerprint density at radius 2 is 2.03 bits per heavy atom. The highest BCUT2D eigenvalue weighted by Crippen LogP contribution is 2.30. The first-order valence-corrected chi connectivity index (χ1v) is 11.0. The van der Waals surface area contributed by atoms with Crippen molar-refractivity contribution in [3.63, 3.8) is 0 Å². The van der Waals surface area contributed by atoms with Gasteiger partial charge in [-0.15, -0.1) is 11.3 Å². The Morgan fingerprint density at radius 1 is 1.26 bits per heavy atom. The molecule has 0 saturated carbocycles. The number of benzene rings is 1. The van der Waals surface area contributed by atoms with Crippen molar-refractivity contribution in [1.82, 2.24) is 25.6 Å². The first-order valence-electron chi connectivity index (χ1n) is 10.1. The van der Waals surface area contributed by atoms with Crippen LogP contribution in [0.15, 0.2) is 42.0 Å². The van der Waals surface area contributed by atoms with Crippen LogP contribution in [0, 0.1) is 0 Å². The highest BCUT2D eigenvalue weighted by molar-refractivity contribution is 7.13. The highest BCUT2D eigenvalue weighted by atomic mass is 32.1. The van der Waals surface area contributed by atoms with Gasteiger partial charge in [-0.3, -0.25) is 9.59 Å². The van der Waals surface area contributed by atoms with E-state index in [0.717, 1.165) is 11.3 Å². The number of hydrogen-bond acceptors (Lipinski definition) is 10. The standard InChI is InChI=1S/C20H19BN6O6S/c22-20-25-12(9-34-20)16(27-15(28)8-14-23-5-2-6-24-14)18(29)26-13-7-10-3-1-4-11(19(30)31)17(10)33-21(13)32/h1-6,9,13,16,32H,7-8H2,(H2,22,25)(H,26,29)(H,27,28)(H,30,31)/t13-,16?/m0/s1. The molecule has 14 heteroatoms. The summed E-state index contributed by atoms with van der Waals surface area (Å²) in [6.07, 6.45) is 2.95. The van der Waals surface area contributed by atoms with Crippen LogP contribution in [-0.4, -0.2) is 55.9 Å². The van der Waals surface area contributed by atoms with Crippen LogP contribution >= 0.6 is 11.3 Å². The SMILES string of the molecule is Nc1nc(C(NC(=O)Cc2ncccn2)C(=O)N[C@H]2Cc3cccc(C(=O)O)c3OB2O)cs1. The molecule has 12 nitrogen and oxygen atoms in total. The number of para-hydroxylation sites is 1. The molecule has 1 aliphatic heterocycles. The number of aromatic nitrogens is 3. The van der Waals surface area contributed by atoms with Crippen LogP contribution in [0.1, 0.15) is 33.5 Å². The Hall–Kier alpha value is -4.04. The molecule has 0 spiro atoms. The van der Waals surface area contributed by atoms with Gasteiger partial charge in [0.05, 0.1) is 23.6 Å². The Bertz CT molecular complexity index is 1230. The molecule has 0 aliphatic carbocycles. The number of hydrogen-bond donors (Lipinski definition) is 5. The smallest absolute Gasteiger partial charge is 0.534 e. The second-order valence-electron chi connectivity index (χ2n) is 7.38. The third-order valence-corrected chi connectivity index (χ3v) is 5.71. The van der Waals surface area contributed by atoms with Crippen molar-refractivity contribution in [3.8, 4) is 5.75 Å². The van der Waals surface area contributed by atoms with Crippen LogP contribution < -0.4 is 21.0 Å². The number of nitrogens with two attached hydrogens (primary N) is 1. The van der Waals surface area contributed by atoms with E-state index in [1.807, 2.05) is 0 Å². The lowest BCUT2D eigenvalue weighted by atomic mass is 9.72. The molecule has 1 unspecified atom stereocenters. The van der Waals surface area contributed by atoms with Crippen molar-refractivity contribution in [2.45, 2.75) is 24.8 Å². The minimum Gasteiger partial charge on any atom is -0.534 e. The summed E-state index contributed by atoms with van der Waals surface area (Å²) in [5.74, 6) is -2.95. The van der Waals surface area contributed by atoms with Crippen molar-refractivity contribution in [1.29, 1.82) is 0 Å². The van der Waals surface area contributed by atoms with Crippen LogP contribution in [0.4, 0.5) is 5.13 Å². The third kappa shape index (κ3) is 5.13. The number of anilines is 1. The molecule has 174 valence electrons. The molecule has 34 heavy (non-hydrogen) atoms. The normalized spacial score (nSPS) is 15.6. The second-order valence-corrected chi connectivity index (χ2v) is 8.27. The quantitative estimate of drug-likeness (QED) is 0.281. The van der Waals surface area contributed by atoms with E-state index in [0.29, 0.717) is 5.56 Å². The van der Waals surface area contributed by atoms with Gasteiger partial charge in [0.15, 0.2) is 11.2 Å². The first kappa shape index (κ1) is 23.1. The van der Waals surface area contributed by atoms with Gasteiger partial charge in [-0.05, 0) is 24.1 Å². The summed E-state index contributed by atoms with van der Waals surface area (Å²) < 4.78 is 5.41. The number of carbonyl (C=O) groups is 3. The highest BCUT2D eigenvalue weighted by Gasteiger charge is 2.39. The molecule has 6 N–H and O–H groups in total. The molecule has 0 fully saturated rings. The summed E-state index contributed by atoms with van der Waals surface area (Å²) in [5.41, 5.74) is 6.35. The van der Waals surface area contributed by atoms with Gasteiger partial charge < -0.3 is 31.2 Å². The molecule has 0 bridgehead atoms. The largest absolute Gasteiger partial charge is 0.547 e. The Kier molecular flexibility index (Phi) is 6.70. The van der Waals surface area contributed by atoms with Gasteiger partial charge in [-0.1, -0.05) is 12.1 Å². The summed E-state index contributed by atoms with van der Waals surface area (Å²) in [6.45, 7) is 0. The van der Waals surface area contributed by atoms with Crippen molar-refractivity contribution in [3.05, 3.63) is 64.7 Å². The molecular weight excluding hydrogens is 463 g/mol. The van der Waals surface area contributed by atoms with Gasteiger partial charge in [0, 0.05) is 17.8 Å². The predicted octanol–water partition coefficient (Wildman–Crippen LogP) is -0.247. The fraction of sp³-hybridized carbons (Fsp3) is 0.200. The number of nitrogen functional groups attached to an aromatic ring is 1. The molecule has 2 atom stereocenters. The molecule has 3 heterocycles. The third-order valence-electron chi connectivity index (χ3n) is 5.02. The summed E-state index contributed by atoms with van der Waals surface area (Å²) in [6, 6.07) is 4.97. The van der Waals surface area contributed by atoms with Crippen LogP contribution in [0.2, 0.25) is 0 Å². The van der Waals surface area contributed by atoms with E-state index in [-0.39, 0.29) is 40.8 Å². The maximum absolute atomic E-state index is 13.1. The van der Waals surface area contributed by atoms with Crippen molar-refractivity contribution in [2.75, 3.05) is 5.73 Å². The molecule has 1 aromatic carbocycles. The number of thiazole rings is 1. The number of aromatic carboxylic acids is 1. The Morgan fingerprint density at radius 3 is 2.71 bits per heavy atom. The maximum atomic E-state index is 13.1. The molecule has 4 rings (SSSR count). The zero-order valence-corrected chi connectivity index (χ0v) is 18.4. The van der Waals surface area contributed by atoms with Crippen LogP contribution in [0.5, 0.6) is 5.75 Å². The van der Waals surface area contributed by atoms with Gasteiger partial charge in [0.2, 0.25) is 11.8 Å². The lowest BCUT2D eigenvalue weighted by Gasteiger charge is -2.30. The monoisotopic (exact) mass is 482 g/mol. The fourth-order valence-corrected chi connectivity index (χ4v) is 4.05. The summed E-state index contributed by atoms with van der Waals surface area (Å²) in [7, 11) is -1.51. The van der Waals surface area contributed by atoms with Gasteiger partial charge in [0.1, 0.15) is 11.6 Å². The topological polar surface area (TPSA) is 190 Å². The van der Waals surface area contributed by atoms with Crippen molar-refractivity contribution >= 4 is 41.4 Å². The molecule has 0 radical (unpaired) electrons. The Labute approximate surface area is 197 Å². The molecule has 2 aromatic heterocycles. The number of carboxylic acid groups (broad SMARTS) is 1. The number of amides is 2. The zero-order valence-electron chi connectivity index (χ0n) is 17.5. The van der Waals surface area contributed by atoms with E-state index in [1.165, 1.54) is 18.5 Å². The van der Waals surface area contributed by atoms with Crippen LogP contribution in [0.25, 0.3) is 0 Å². The van der Waals surface area contributed by atoms with Crippen LogP contribution in [-0.2, 0) is 22.4 Å².